The van der Waals surface area contributed by atoms with Gasteiger partial charge in [-0.05, 0) is 6.42 Å². The molecule has 0 aliphatic rings. The lowest BCUT2D eigenvalue weighted by Gasteiger charge is -2.10. The summed E-state index contributed by atoms with van der Waals surface area (Å²) in [5, 5.41) is 27.2. The molecule has 12 heavy (non-hydrogen) atoms. The maximum atomic E-state index is 10.3. The minimum Gasteiger partial charge on any atom is -0.481 e. The second kappa shape index (κ2) is 5.50. The van der Waals surface area contributed by atoms with Crippen LogP contribution in [0.15, 0.2) is 0 Å². The molecular weight excluding hydrogens is 166 g/mol. The van der Waals surface area contributed by atoms with Crippen LogP contribution in [0.3, 0.4) is 0 Å². The summed E-state index contributed by atoms with van der Waals surface area (Å²) in [4.78, 5) is 20.4. The summed E-state index contributed by atoms with van der Waals surface area (Å²) in [5.41, 5.74) is 0. The van der Waals surface area contributed by atoms with Crippen LogP contribution >= 0.6 is 0 Å². The number of aliphatic hydroxyl groups is 1. The fraction of sp³-hybridized carbons (Fsp3) is 0.667. The second-order valence-corrected chi connectivity index (χ2v) is 2.19. The number of nitrogens with one attached hydrogen (secondary N) is 1. The number of hydrogen-bond donors (Lipinski definition) is 4. The molecule has 0 saturated heterocycles. The molecule has 0 spiro atoms. The molecule has 1 unspecified atom stereocenters. The van der Waals surface area contributed by atoms with E-state index in [4.69, 9.17) is 15.3 Å². The van der Waals surface area contributed by atoms with Crippen LogP contribution in [0, 0.1) is 0 Å². The summed E-state index contributed by atoms with van der Waals surface area (Å²) >= 11 is 0. The van der Waals surface area contributed by atoms with Gasteiger partial charge in [0, 0.05) is 6.42 Å². The molecule has 0 radical (unpaired) electrons. The highest BCUT2D eigenvalue weighted by Gasteiger charge is 2.16. The van der Waals surface area contributed by atoms with E-state index in [0.717, 1.165) is 0 Å². The van der Waals surface area contributed by atoms with Crippen LogP contribution in [-0.2, 0) is 9.59 Å². The SMILES string of the molecule is O=C(O)CCC(NCO)C(=O)O. The van der Waals surface area contributed by atoms with Crippen molar-refractivity contribution in [3.63, 3.8) is 0 Å². The van der Waals surface area contributed by atoms with Crippen molar-refractivity contribution in [3.05, 3.63) is 0 Å². The molecule has 0 bridgehead atoms. The summed E-state index contributed by atoms with van der Waals surface area (Å²) < 4.78 is 0. The van der Waals surface area contributed by atoms with E-state index in [1.807, 2.05) is 0 Å². The van der Waals surface area contributed by atoms with Gasteiger partial charge in [0.15, 0.2) is 0 Å². The van der Waals surface area contributed by atoms with Crippen molar-refractivity contribution in [2.45, 2.75) is 18.9 Å². The number of carboxylic acids is 2. The van der Waals surface area contributed by atoms with Gasteiger partial charge in [0.05, 0.1) is 6.73 Å². The Hall–Kier alpha value is -1.14. The van der Waals surface area contributed by atoms with Crippen molar-refractivity contribution >= 4 is 11.9 Å². The highest BCUT2D eigenvalue weighted by atomic mass is 16.4. The average molecular weight is 177 g/mol. The zero-order chi connectivity index (χ0) is 9.56. The van der Waals surface area contributed by atoms with Crippen molar-refractivity contribution in [3.8, 4) is 0 Å². The fourth-order valence-corrected chi connectivity index (χ4v) is 0.691. The molecule has 1 atom stereocenters. The van der Waals surface area contributed by atoms with Gasteiger partial charge in [0.25, 0.3) is 0 Å². The number of aliphatic carboxylic acids is 2. The molecule has 0 fully saturated rings. The number of hydrogen-bond acceptors (Lipinski definition) is 4. The number of carbonyl (C=O) groups is 2. The molecule has 0 aliphatic carbocycles. The first-order valence-corrected chi connectivity index (χ1v) is 3.36. The summed E-state index contributed by atoms with van der Waals surface area (Å²) in [6, 6.07) is -0.994. The third-order valence-electron chi connectivity index (χ3n) is 1.28. The molecule has 0 rings (SSSR count). The minimum absolute atomic E-state index is 0.0365. The third kappa shape index (κ3) is 4.64. The molecule has 70 valence electrons. The minimum atomic E-state index is -1.16. The van der Waals surface area contributed by atoms with E-state index >= 15 is 0 Å². The highest BCUT2D eigenvalue weighted by Crippen LogP contribution is 1.96. The van der Waals surface area contributed by atoms with Gasteiger partial charge >= 0.3 is 11.9 Å². The third-order valence-corrected chi connectivity index (χ3v) is 1.28. The van der Waals surface area contributed by atoms with Crippen molar-refractivity contribution in [1.82, 2.24) is 5.32 Å². The van der Waals surface area contributed by atoms with Gasteiger partial charge in [-0.2, -0.15) is 0 Å². The fourth-order valence-electron chi connectivity index (χ4n) is 0.691. The van der Waals surface area contributed by atoms with Crippen molar-refractivity contribution < 1.29 is 24.9 Å². The molecule has 0 aromatic rings. The molecule has 0 saturated carbocycles. The van der Waals surface area contributed by atoms with E-state index in [2.05, 4.69) is 5.32 Å². The average Bonchev–Trinajstić information content (AvgIpc) is 1.96. The smallest absolute Gasteiger partial charge is 0.320 e. The molecular formula is C6H11NO5. The Bertz CT molecular complexity index is 169. The first-order valence-electron chi connectivity index (χ1n) is 3.36. The molecule has 0 aromatic heterocycles. The molecule has 6 heteroatoms. The van der Waals surface area contributed by atoms with Gasteiger partial charge in [0.1, 0.15) is 6.04 Å². The largest absolute Gasteiger partial charge is 0.481 e. The molecule has 6 nitrogen and oxygen atoms in total. The topological polar surface area (TPSA) is 107 Å². The zero-order valence-electron chi connectivity index (χ0n) is 6.36. The van der Waals surface area contributed by atoms with Crippen LogP contribution in [0.4, 0.5) is 0 Å². The Morgan fingerprint density at radius 3 is 2.25 bits per heavy atom. The van der Waals surface area contributed by atoms with Crippen molar-refractivity contribution in [2.24, 2.45) is 0 Å². The summed E-state index contributed by atoms with van der Waals surface area (Å²) in [5.74, 6) is -2.22. The maximum absolute atomic E-state index is 10.3. The molecule has 0 heterocycles. The van der Waals surface area contributed by atoms with E-state index < -0.39 is 24.7 Å². The Labute approximate surface area is 68.8 Å². The highest BCUT2D eigenvalue weighted by molar-refractivity contribution is 5.75. The van der Waals surface area contributed by atoms with E-state index in [0.29, 0.717) is 0 Å². The van der Waals surface area contributed by atoms with Gasteiger partial charge in [0.2, 0.25) is 0 Å². The van der Waals surface area contributed by atoms with E-state index in [-0.39, 0.29) is 12.8 Å². The van der Waals surface area contributed by atoms with Crippen LogP contribution < -0.4 is 5.32 Å². The summed E-state index contributed by atoms with van der Waals surface area (Å²) in [6.45, 7) is -0.476. The van der Waals surface area contributed by atoms with Crippen molar-refractivity contribution in [2.75, 3.05) is 6.73 Å². The lowest BCUT2D eigenvalue weighted by molar-refractivity contribution is -0.141. The van der Waals surface area contributed by atoms with Crippen LogP contribution in [-0.4, -0.2) is 40.0 Å². The Balaban J connectivity index is 3.79. The zero-order valence-corrected chi connectivity index (χ0v) is 6.36. The standard InChI is InChI=1S/C6H11NO5/c8-3-7-4(6(11)12)1-2-5(9)10/h4,7-8H,1-3H2,(H,9,10)(H,11,12). The normalized spacial score (nSPS) is 12.4. The van der Waals surface area contributed by atoms with E-state index in [1.54, 1.807) is 0 Å². The predicted molar refractivity (Wildman–Crippen MR) is 38.5 cm³/mol. The lowest BCUT2D eigenvalue weighted by Crippen LogP contribution is -2.37. The quantitative estimate of drug-likeness (QED) is 0.381. The van der Waals surface area contributed by atoms with E-state index in [9.17, 15) is 9.59 Å². The first kappa shape index (κ1) is 10.9. The van der Waals surface area contributed by atoms with Crippen LogP contribution in [0.1, 0.15) is 12.8 Å². The van der Waals surface area contributed by atoms with Gasteiger partial charge < -0.3 is 15.3 Å². The Morgan fingerprint density at radius 2 is 1.92 bits per heavy atom. The van der Waals surface area contributed by atoms with Crippen LogP contribution in [0.2, 0.25) is 0 Å². The van der Waals surface area contributed by atoms with Crippen LogP contribution in [0.5, 0.6) is 0 Å². The molecule has 0 aliphatic heterocycles. The van der Waals surface area contributed by atoms with Gasteiger partial charge in [-0.25, -0.2) is 0 Å². The molecule has 0 amide bonds. The molecule has 0 aromatic carbocycles. The monoisotopic (exact) mass is 177 g/mol. The number of carboxylic acid groups (broad SMARTS) is 2. The predicted octanol–water partition coefficient (Wildman–Crippen LogP) is -1.16. The van der Waals surface area contributed by atoms with Gasteiger partial charge in [-0.3, -0.25) is 14.9 Å². The summed E-state index contributed by atoms with van der Waals surface area (Å²) in [6.07, 6.45) is -0.269. The maximum Gasteiger partial charge on any atom is 0.320 e. The Kier molecular flexibility index (Phi) is 4.98. The number of aliphatic hydroxyl groups excluding tert-OH is 1. The van der Waals surface area contributed by atoms with Gasteiger partial charge in [-0.15, -0.1) is 0 Å². The van der Waals surface area contributed by atoms with E-state index in [1.165, 1.54) is 0 Å². The van der Waals surface area contributed by atoms with Gasteiger partial charge in [-0.1, -0.05) is 0 Å². The second-order valence-electron chi connectivity index (χ2n) is 2.19. The Morgan fingerprint density at radius 1 is 1.33 bits per heavy atom. The first-order chi connectivity index (χ1) is 5.57. The van der Waals surface area contributed by atoms with Crippen LogP contribution in [0.25, 0.3) is 0 Å². The van der Waals surface area contributed by atoms with Crippen molar-refractivity contribution in [1.29, 1.82) is 0 Å². The number of rotatable bonds is 6. The molecule has 4 N–H and O–H groups in total. The summed E-state index contributed by atoms with van der Waals surface area (Å²) in [7, 11) is 0. The lowest BCUT2D eigenvalue weighted by atomic mass is 10.1.